The fourth-order valence-electron chi connectivity index (χ4n) is 3.84. The first-order chi connectivity index (χ1) is 17.9. The molecule has 0 aliphatic carbocycles. The largest absolute Gasteiger partial charge is 0.493 e. The molecule has 1 aliphatic heterocycles. The number of ether oxygens (including phenoxy) is 1. The van der Waals surface area contributed by atoms with E-state index in [0.717, 1.165) is 51.4 Å². The van der Waals surface area contributed by atoms with E-state index >= 15 is 0 Å². The van der Waals surface area contributed by atoms with Crippen molar-refractivity contribution in [2.45, 2.75) is 44.9 Å². The molecule has 2 heterocycles. The van der Waals surface area contributed by atoms with Crippen molar-refractivity contribution in [3.63, 3.8) is 0 Å². The molecule has 1 aliphatic rings. The van der Waals surface area contributed by atoms with Crippen LogP contribution >= 0.6 is 11.6 Å². The third kappa shape index (κ3) is 10.8. The standard InChI is InChI=1S/C23H33ClN4O3S.C2H2O4/c1-4-5-19-15-25-23(26-16-19)28-11-9-27(10-12-28)18(2)8-13-31-21-7-6-20(22(24)14-21)17-32(3,29)30;3-1(4)2(5)6/h6-7,14-16,18H,4-5,8-13,17H2,1-3H3;(H,3,4)(H,5,6). The third-order valence-corrected chi connectivity index (χ3v) is 7.07. The third-order valence-electron chi connectivity index (χ3n) is 5.88. The molecule has 1 atom stereocenters. The summed E-state index contributed by atoms with van der Waals surface area (Å²) in [6, 6.07) is 5.59. The number of hydrogen-bond donors (Lipinski definition) is 2. The van der Waals surface area contributed by atoms with Crippen LogP contribution in [0, 0.1) is 0 Å². The number of aromatic nitrogens is 2. The van der Waals surface area contributed by atoms with Crippen LogP contribution in [0.5, 0.6) is 5.75 Å². The van der Waals surface area contributed by atoms with Crippen LogP contribution in [0.2, 0.25) is 5.02 Å². The maximum Gasteiger partial charge on any atom is 0.414 e. The predicted octanol–water partition coefficient (Wildman–Crippen LogP) is 2.76. The number of piperazine rings is 1. The van der Waals surface area contributed by atoms with E-state index in [-0.39, 0.29) is 5.75 Å². The van der Waals surface area contributed by atoms with Gasteiger partial charge in [-0.2, -0.15) is 0 Å². The van der Waals surface area contributed by atoms with Gasteiger partial charge in [-0.15, -0.1) is 0 Å². The summed E-state index contributed by atoms with van der Waals surface area (Å²) in [5, 5.41) is 15.2. The lowest BCUT2D eigenvalue weighted by Crippen LogP contribution is -2.50. The number of hydrogen-bond acceptors (Lipinski definition) is 9. The van der Waals surface area contributed by atoms with Crippen molar-refractivity contribution < 1.29 is 33.0 Å². The Morgan fingerprint density at radius 3 is 2.21 bits per heavy atom. The number of anilines is 1. The highest BCUT2D eigenvalue weighted by molar-refractivity contribution is 7.89. The van der Waals surface area contributed by atoms with Gasteiger partial charge in [-0.05, 0) is 43.0 Å². The number of carbonyl (C=O) groups is 2. The van der Waals surface area contributed by atoms with Crippen LogP contribution in [-0.2, 0) is 31.6 Å². The van der Waals surface area contributed by atoms with E-state index in [0.29, 0.717) is 29.0 Å². The number of carboxylic acids is 2. The summed E-state index contributed by atoms with van der Waals surface area (Å²) in [5.41, 5.74) is 1.78. The second-order valence-corrected chi connectivity index (χ2v) is 11.6. The molecule has 13 heteroatoms. The maximum absolute atomic E-state index is 11.5. The van der Waals surface area contributed by atoms with E-state index in [1.54, 1.807) is 18.2 Å². The lowest BCUT2D eigenvalue weighted by Gasteiger charge is -2.38. The molecule has 2 N–H and O–H groups in total. The summed E-state index contributed by atoms with van der Waals surface area (Å²) < 4.78 is 28.8. The lowest BCUT2D eigenvalue weighted by atomic mass is 10.2. The molecule has 0 saturated carbocycles. The zero-order valence-electron chi connectivity index (χ0n) is 21.8. The van der Waals surface area contributed by atoms with Gasteiger partial charge in [0.1, 0.15) is 5.75 Å². The van der Waals surface area contributed by atoms with Gasteiger partial charge in [0.05, 0.1) is 12.4 Å². The highest BCUT2D eigenvalue weighted by Gasteiger charge is 2.22. The minimum absolute atomic E-state index is 0.0664. The molecule has 11 nitrogen and oxygen atoms in total. The molecule has 3 rings (SSSR count). The van der Waals surface area contributed by atoms with E-state index in [1.807, 2.05) is 12.4 Å². The van der Waals surface area contributed by atoms with Crippen molar-refractivity contribution in [2.75, 3.05) is 43.9 Å². The van der Waals surface area contributed by atoms with Crippen molar-refractivity contribution in [1.29, 1.82) is 0 Å². The lowest BCUT2D eigenvalue weighted by molar-refractivity contribution is -0.159. The Balaban J connectivity index is 0.000000757. The number of carboxylic acid groups (broad SMARTS) is 2. The van der Waals surface area contributed by atoms with Crippen LogP contribution < -0.4 is 9.64 Å². The van der Waals surface area contributed by atoms with Crippen LogP contribution in [0.3, 0.4) is 0 Å². The van der Waals surface area contributed by atoms with Crippen LogP contribution in [0.15, 0.2) is 30.6 Å². The van der Waals surface area contributed by atoms with E-state index < -0.39 is 21.8 Å². The SMILES string of the molecule is CCCc1cnc(N2CCN(C(C)CCOc3ccc(CS(C)(=O)=O)c(Cl)c3)CC2)nc1.O=C(O)C(=O)O. The van der Waals surface area contributed by atoms with Crippen molar-refractivity contribution in [2.24, 2.45) is 0 Å². The number of halogens is 1. The van der Waals surface area contributed by atoms with Crippen LogP contribution in [0.4, 0.5) is 5.95 Å². The molecule has 2 aromatic rings. The average molecular weight is 571 g/mol. The molecule has 210 valence electrons. The first-order valence-corrected chi connectivity index (χ1v) is 14.7. The van der Waals surface area contributed by atoms with Gasteiger partial charge < -0.3 is 19.8 Å². The van der Waals surface area contributed by atoms with Gasteiger partial charge in [0, 0.05) is 55.9 Å². The molecule has 0 bridgehead atoms. The minimum Gasteiger partial charge on any atom is -0.493 e. The number of aryl methyl sites for hydroxylation is 1. The molecule has 1 fully saturated rings. The Labute approximate surface area is 228 Å². The summed E-state index contributed by atoms with van der Waals surface area (Å²) in [5.74, 6) is -2.24. The first-order valence-electron chi connectivity index (χ1n) is 12.2. The Morgan fingerprint density at radius 1 is 1.11 bits per heavy atom. The van der Waals surface area contributed by atoms with Gasteiger partial charge in [-0.3, -0.25) is 4.90 Å². The molecular formula is C25H35ClN4O7S. The Kier molecular flexibility index (Phi) is 12.2. The molecule has 1 aromatic carbocycles. The highest BCUT2D eigenvalue weighted by Crippen LogP contribution is 2.24. The number of rotatable bonds is 10. The minimum atomic E-state index is -3.12. The van der Waals surface area contributed by atoms with Gasteiger partial charge in [-0.1, -0.05) is 31.0 Å². The van der Waals surface area contributed by atoms with Gasteiger partial charge >= 0.3 is 11.9 Å². The second kappa shape index (κ2) is 14.8. The topological polar surface area (TPSA) is 150 Å². The smallest absolute Gasteiger partial charge is 0.414 e. The summed E-state index contributed by atoms with van der Waals surface area (Å²) in [6.45, 7) is 8.71. The summed E-state index contributed by atoms with van der Waals surface area (Å²) in [7, 11) is -3.12. The Hall–Kier alpha value is -2.96. The van der Waals surface area contributed by atoms with Gasteiger partial charge in [-0.25, -0.2) is 28.0 Å². The number of nitrogens with zero attached hydrogens (tertiary/aromatic N) is 4. The maximum atomic E-state index is 11.5. The number of sulfone groups is 1. The first kappa shape index (κ1) is 31.3. The van der Waals surface area contributed by atoms with Crippen molar-refractivity contribution in [1.82, 2.24) is 14.9 Å². The normalized spacial score (nSPS) is 14.8. The average Bonchev–Trinajstić information content (AvgIpc) is 2.86. The fourth-order valence-corrected chi connectivity index (χ4v) is 4.97. The van der Waals surface area contributed by atoms with Crippen LogP contribution in [-0.4, -0.2) is 90.5 Å². The van der Waals surface area contributed by atoms with Crippen LogP contribution in [0.25, 0.3) is 0 Å². The molecule has 38 heavy (non-hydrogen) atoms. The summed E-state index contributed by atoms with van der Waals surface area (Å²) in [6.07, 6.45) is 8.10. The van der Waals surface area contributed by atoms with Gasteiger partial charge in [0.25, 0.3) is 0 Å². The van der Waals surface area contributed by atoms with Crippen molar-refractivity contribution in [3.05, 3.63) is 46.7 Å². The zero-order chi connectivity index (χ0) is 28.3. The quantitative estimate of drug-likeness (QED) is 0.406. The molecular weight excluding hydrogens is 536 g/mol. The molecule has 1 aromatic heterocycles. The zero-order valence-corrected chi connectivity index (χ0v) is 23.4. The van der Waals surface area contributed by atoms with E-state index in [2.05, 4.69) is 33.6 Å². The molecule has 0 spiro atoms. The number of aliphatic carboxylic acids is 2. The Bertz CT molecular complexity index is 1160. The molecule has 0 amide bonds. The number of benzene rings is 1. The molecule has 1 saturated heterocycles. The highest BCUT2D eigenvalue weighted by atomic mass is 35.5. The van der Waals surface area contributed by atoms with E-state index in [4.69, 9.17) is 36.1 Å². The molecule has 0 radical (unpaired) electrons. The van der Waals surface area contributed by atoms with E-state index in [1.165, 1.54) is 11.8 Å². The van der Waals surface area contributed by atoms with E-state index in [9.17, 15) is 8.42 Å². The van der Waals surface area contributed by atoms with Crippen LogP contribution in [0.1, 0.15) is 37.8 Å². The van der Waals surface area contributed by atoms with Gasteiger partial charge in [0.2, 0.25) is 5.95 Å². The monoisotopic (exact) mass is 570 g/mol. The Morgan fingerprint density at radius 2 is 1.71 bits per heavy atom. The summed E-state index contributed by atoms with van der Waals surface area (Å²) >= 11 is 6.22. The van der Waals surface area contributed by atoms with Crippen molar-refractivity contribution in [3.8, 4) is 5.75 Å². The molecule has 1 unspecified atom stereocenters. The fraction of sp³-hybridized carbons (Fsp3) is 0.520. The van der Waals surface area contributed by atoms with Gasteiger partial charge in [0.15, 0.2) is 9.84 Å². The predicted molar refractivity (Wildman–Crippen MR) is 145 cm³/mol. The second-order valence-electron chi connectivity index (χ2n) is 9.08. The summed E-state index contributed by atoms with van der Waals surface area (Å²) in [4.78, 5) is 32.0. The van der Waals surface area contributed by atoms with Crippen molar-refractivity contribution >= 4 is 39.3 Å².